The van der Waals surface area contributed by atoms with Crippen molar-refractivity contribution in [3.8, 4) is 5.75 Å². The van der Waals surface area contributed by atoms with E-state index in [1.807, 2.05) is 31.7 Å². The van der Waals surface area contributed by atoms with Crippen LogP contribution in [0.1, 0.15) is 327 Å². The normalized spacial score (nSPS) is 19.2. The molecule has 3 unspecified atom stereocenters. The van der Waals surface area contributed by atoms with Gasteiger partial charge in [-0.15, -0.1) is 0 Å². The van der Waals surface area contributed by atoms with Crippen molar-refractivity contribution in [1.82, 2.24) is 40.9 Å². The van der Waals surface area contributed by atoms with E-state index in [1.165, 1.54) is 215 Å². The average Bonchev–Trinajstić information content (AvgIpc) is 1.71. The van der Waals surface area contributed by atoms with Crippen LogP contribution in [0.3, 0.4) is 0 Å². The predicted octanol–water partition coefficient (Wildman–Crippen LogP) is 29.5. The molecule has 8 aromatic carbocycles. The summed E-state index contributed by atoms with van der Waals surface area (Å²) in [4.78, 5) is 11.4. The van der Waals surface area contributed by atoms with Crippen LogP contribution in [0.25, 0.3) is 5.57 Å². The van der Waals surface area contributed by atoms with Crippen LogP contribution in [0.4, 0.5) is 30.2 Å². The number of nitrogens with zero attached hydrogens (tertiary/aromatic N) is 5. The second kappa shape index (κ2) is 56.9. The van der Waals surface area contributed by atoms with Gasteiger partial charge in [0.2, 0.25) is 0 Å². The molecule has 0 aliphatic carbocycles. The zero-order valence-electron chi connectivity index (χ0n) is 96.4. The number of anilines is 3. The van der Waals surface area contributed by atoms with Crippen LogP contribution in [0.15, 0.2) is 194 Å². The highest BCUT2D eigenvalue weighted by molar-refractivity contribution is 5.67. The Balaban J connectivity index is 0.000000185. The van der Waals surface area contributed by atoms with Crippen molar-refractivity contribution in [2.24, 2.45) is 43.3 Å². The van der Waals surface area contributed by atoms with E-state index in [0.717, 1.165) is 113 Å². The molecule has 0 radical (unpaired) electrons. The molecule has 8 aliphatic heterocycles. The number of halogens is 3. The molecule has 0 saturated carbocycles. The fourth-order valence-corrected chi connectivity index (χ4v) is 20.9. The smallest absolute Gasteiger partial charge is 0.418 e. The van der Waals surface area contributed by atoms with Crippen LogP contribution in [0.2, 0.25) is 0 Å². The molecule has 16 rings (SSSR count). The predicted molar refractivity (Wildman–Crippen MR) is 622 cm³/mol. The van der Waals surface area contributed by atoms with Gasteiger partial charge in [0.15, 0.2) is 0 Å². The largest absolute Gasteiger partial charge is 0.489 e. The molecule has 7 saturated heterocycles. The first-order chi connectivity index (χ1) is 68.0. The fourth-order valence-electron chi connectivity index (χ4n) is 20.9. The van der Waals surface area contributed by atoms with Gasteiger partial charge < -0.3 is 61.1 Å². The summed E-state index contributed by atoms with van der Waals surface area (Å²) in [6, 6.07) is 69.7. The summed E-state index contributed by atoms with van der Waals surface area (Å²) in [6.07, 6.45) is 21.0. The van der Waals surface area contributed by atoms with Gasteiger partial charge in [-0.1, -0.05) is 312 Å². The first kappa shape index (κ1) is 121. The minimum absolute atomic E-state index is 0.0283. The number of ether oxygens (including phenoxy) is 1. The van der Waals surface area contributed by atoms with Crippen molar-refractivity contribution in [1.29, 1.82) is 0 Å². The standard InChI is InChI=1S/C17H28N2.C17H27N.C17H25N.C16H23F3N2.C16H26N2.2C16H25N.C15H23NO/c1-17(2,3)13-14-5-7-15(8-6-14)18-16-9-11-19(4)12-10-16;2*1-17(2,3)13-14-5-7-15(8-6-14)16-9-11-18(4)12-10-16;1-15(2,3)11-12-4-5-14(13(10-12)16(17,18)19)21-8-6-20-7-9-21;1-16(2,3)11-13-5-7-14(8-6-13)17-15-9-10-18(4)12-15;1-16(2,3)12-13-4-6-14(7-5-13)15-8-10-17-11-9-15;1-16(2,3)11-13-6-8-14(9-7-13)15-5-4-10-17-12-15;1-15(2,3)10-12-4-6-13(7-5-12)17-14-8-9-16-11-14/h5-8,16,18H,9-13H2,1-4H3;5-8,16H,9-13H2,1-4H3;5-9H,10-13H2,1-4H3;4-5,10,20H,6-9,11H2,1-3H3;5-8,15,17H,9-12H2,1-4H3;4-7,15,17H,8-12H2,1-3H3;6-9,15,17H,4-5,10-12H2,1-3H3;4-7,14,16H,8-11H2,1-3H3. The number of hydrogen-bond acceptors (Lipinski definition) is 12. The van der Waals surface area contributed by atoms with Crippen LogP contribution >= 0.6 is 0 Å². The van der Waals surface area contributed by atoms with Crippen molar-refractivity contribution < 1.29 is 17.9 Å². The molecule has 8 aliphatic rings. The van der Waals surface area contributed by atoms with Gasteiger partial charge in [-0.3, -0.25) is 0 Å². The van der Waals surface area contributed by atoms with Crippen molar-refractivity contribution in [2.45, 2.75) is 330 Å². The van der Waals surface area contributed by atoms with E-state index in [1.54, 1.807) is 11.6 Å². The van der Waals surface area contributed by atoms with Gasteiger partial charge in [0.1, 0.15) is 11.9 Å². The summed E-state index contributed by atoms with van der Waals surface area (Å²) >= 11 is 0. The number of nitrogens with one attached hydrogen (secondary N) is 6. The monoisotopic (exact) mass is 1990 g/mol. The summed E-state index contributed by atoms with van der Waals surface area (Å²) in [5.41, 5.74) is 23.2. The lowest BCUT2D eigenvalue weighted by Crippen LogP contribution is -2.44. The number of rotatable bonds is 19. The Bertz CT molecular complexity index is 4880. The number of benzene rings is 8. The van der Waals surface area contributed by atoms with Gasteiger partial charge in [-0.2, -0.15) is 13.2 Å². The molecule has 804 valence electrons. The fraction of sp³-hybridized carbons (Fsp3) is 0.615. The van der Waals surface area contributed by atoms with E-state index in [0.29, 0.717) is 81.3 Å². The van der Waals surface area contributed by atoms with E-state index < -0.39 is 11.7 Å². The molecule has 145 heavy (non-hydrogen) atoms. The first-order valence-electron chi connectivity index (χ1n) is 56.0. The van der Waals surface area contributed by atoms with Gasteiger partial charge in [0, 0.05) is 88.0 Å². The van der Waals surface area contributed by atoms with E-state index in [-0.39, 0.29) is 5.41 Å². The lowest BCUT2D eigenvalue weighted by Gasteiger charge is -2.32. The minimum Gasteiger partial charge on any atom is -0.489 e. The van der Waals surface area contributed by atoms with Gasteiger partial charge in [-0.05, 0) is 391 Å². The molecule has 8 aromatic rings. The van der Waals surface area contributed by atoms with E-state index >= 15 is 0 Å². The van der Waals surface area contributed by atoms with Crippen LogP contribution in [0.5, 0.6) is 5.75 Å². The molecule has 3 atom stereocenters. The molecule has 0 spiro atoms. The molecule has 0 amide bonds. The Morgan fingerprint density at radius 2 is 0.655 bits per heavy atom. The van der Waals surface area contributed by atoms with Gasteiger partial charge in [0.05, 0.1) is 5.56 Å². The maximum Gasteiger partial charge on any atom is 0.418 e. The second-order valence-electron chi connectivity index (χ2n) is 53.7. The maximum absolute atomic E-state index is 13.4. The second-order valence-corrected chi connectivity index (χ2v) is 53.7. The van der Waals surface area contributed by atoms with Crippen molar-refractivity contribution in [2.75, 3.05) is 162 Å². The number of piperazine rings is 1. The Labute approximate surface area is 883 Å². The summed E-state index contributed by atoms with van der Waals surface area (Å²) in [7, 11) is 8.80. The Hall–Kier alpha value is -7.83. The summed E-state index contributed by atoms with van der Waals surface area (Å²) in [6.45, 7) is 73.1. The lowest BCUT2D eigenvalue weighted by atomic mass is 9.85. The van der Waals surface area contributed by atoms with Crippen LogP contribution in [-0.4, -0.2) is 184 Å². The molecule has 0 bridgehead atoms. The van der Waals surface area contributed by atoms with Crippen LogP contribution in [-0.2, 0) is 57.5 Å². The molecular weight excluding hydrogens is 1790 g/mol. The average molecular weight is 1990 g/mol. The Morgan fingerprint density at radius 3 is 1.03 bits per heavy atom. The molecule has 8 heterocycles. The highest BCUT2D eigenvalue weighted by atomic mass is 19.4. The molecule has 6 N–H and O–H groups in total. The van der Waals surface area contributed by atoms with Crippen molar-refractivity contribution >= 4 is 22.6 Å². The van der Waals surface area contributed by atoms with Gasteiger partial charge in [-0.25, -0.2) is 0 Å². The van der Waals surface area contributed by atoms with Crippen LogP contribution < -0.4 is 41.5 Å². The topological polar surface area (TPSA) is 97.6 Å². The first-order valence-corrected chi connectivity index (χ1v) is 56.0. The number of piperidine rings is 4. The Morgan fingerprint density at radius 1 is 0.310 bits per heavy atom. The van der Waals surface area contributed by atoms with E-state index in [2.05, 4.69) is 401 Å². The van der Waals surface area contributed by atoms with Gasteiger partial charge in [0.25, 0.3) is 0 Å². The third-order valence-corrected chi connectivity index (χ3v) is 28.1. The molecule has 0 aromatic heterocycles. The van der Waals surface area contributed by atoms with Gasteiger partial charge >= 0.3 is 6.18 Å². The van der Waals surface area contributed by atoms with Crippen molar-refractivity contribution in [3.05, 3.63) is 266 Å². The zero-order valence-corrected chi connectivity index (χ0v) is 96.4. The lowest BCUT2D eigenvalue weighted by molar-refractivity contribution is -0.137. The molecular formula is C130H202F3N11O. The summed E-state index contributed by atoms with van der Waals surface area (Å²) in [5.74, 6) is 3.29. The quantitative estimate of drug-likeness (QED) is 0.0465. The highest BCUT2D eigenvalue weighted by Crippen LogP contribution is 2.41. The summed E-state index contributed by atoms with van der Waals surface area (Å²) < 4.78 is 46.0. The zero-order chi connectivity index (χ0) is 106. The third-order valence-electron chi connectivity index (χ3n) is 28.1. The maximum atomic E-state index is 13.4. The Kier molecular flexibility index (Phi) is 47.3. The number of likely N-dealkylation sites (N-methyl/N-ethyl adjacent to an activating group) is 2. The number of likely N-dealkylation sites (tertiary alicyclic amines) is 3. The SMILES string of the molecule is CC(C)(C)Cc1ccc(C2CCCNC2)cc1.CC(C)(C)Cc1ccc(C2CCNCC2)cc1.CC(C)(C)Cc1ccc(N2CCNCC2)c(C(F)(F)F)c1.CC(C)(C)Cc1ccc(OC2CCNC2)cc1.CN1CC=C(c2ccc(CC(C)(C)C)cc2)CC1.CN1CCC(Nc2ccc(CC(C)(C)C)cc2)C1.CN1CCC(Nc2ccc(CC(C)(C)C)cc2)CC1.CN1CCC(c2ccc(CC(C)(C)C)cc2)CC1. The molecule has 15 heteroatoms. The highest BCUT2D eigenvalue weighted by Gasteiger charge is 2.37. The van der Waals surface area contributed by atoms with E-state index in [4.69, 9.17) is 4.74 Å². The number of alkyl halides is 3. The van der Waals surface area contributed by atoms with Crippen molar-refractivity contribution in [3.63, 3.8) is 0 Å². The van der Waals surface area contributed by atoms with Crippen LogP contribution in [0, 0.1) is 43.3 Å². The molecule has 12 nitrogen and oxygen atoms in total. The summed E-state index contributed by atoms with van der Waals surface area (Å²) in [5, 5.41) is 20.7. The van der Waals surface area contributed by atoms with E-state index in [9.17, 15) is 13.2 Å². The third kappa shape index (κ3) is 49.2. The molecule has 7 fully saturated rings. The minimum atomic E-state index is -4.31. The number of hydrogen-bond donors (Lipinski definition) is 6.